The van der Waals surface area contributed by atoms with Crippen LogP contribution >= 0.6 is 15.9 Å². The number of halogens is 1. The largest absolute Gasteiger partial charge is 0.484 e. The summed E-state index contributed by atoms with van der Waals surface area (Å²) in [5.74, 6) is 1.58. The molecule has 3 rings (SSSR count). The molecule has 1 aromatic rings. The third kappa shape index (κ3) is 1.75. The predicted molar refractivity (Wildman–Crippen MR) is 64.1 cm³/mol. The topological polar surface area (TPSA) is 34.1 Å². The maximum atomic E-state index is 5.88. The second-order valence-corrected chi connectivity index (χ2v) is 4.65. The Labute approximate surface area is 102 Å². The smallest absolute Gasteiger partial charge is 0.207 e. The molecule has 0 spiro atoms. The standard InChI is InChI=1S/C11H11BrN2O2/c12-8-1-2-9-10(5-8)16-11(6-15-9)14-4-3-13-7-14/h1-2,5,7,11H,3-4,6H2. The van der Waals surface area contributed by atoms with Crippen LogP contribution in [-0.4, -0.2) is 37.2 Å². The summed E-state index contributed by atoms with van der Waals surface area (Å²) >= 11 is 3.42. The van der Waals surface area contributed by atoms with Crippen LogP contribution in [0.3, 0.4) is 0 Å². The summed E-state index contributed by atoms with van der Waals surface area (Å²) in [4.78, 5) is 6.23. The van der Waals surface area contributed by atoms with Gasteiger partial charge in [0, 0.05) is 11.0 Å². The van der Waals surface area contributed by atoms with Crippen molar-refractivity contribution in [2.45, 2.75) is 6.23 Å². The van der Waals surface area contributed by atoms with Crippen LogP contribution in [-0.2, 0) is 0 Å². The number of aliphatic imine (C=N–C) groups is 1. The van der Waals surface area contributed by atoms with Crippen LogP contribution in [0.25, 0.3) is 0 Å². The van der Waals surface area contributed by atoms with Crippen LogP contribution in [0.15, 0.2) is 27.7 Å². The molecular formula is C11H11BrN2O2. The van der Waals surface area contributed by atoms with Crippen LogP contribution in [0.1, 0.15) is 0 Å². The minimum absolute atomic E-state index is 0.0620. The zero-order valence-electron chi connectivity index (χ0n) is 8.60. The van der Waals surface area contributed by atoms with Crippen LogP contribution in [0.4, 0.5) is 0 Å². The zero-order valence-corrected chi connectivity index (χ0v) is 10.2. The molecule has 5 heteroatoms. The molecule has 0 amide bonds. The summed E-state index contributed by atoms with van der Waals surface area (Å²) in [6, 6.07) is 5.78. The van der Waals surface area contributed by atoms with E-state index in [2.05, 4.69) is 25.8 Å². The number of nitrogens with zero attached hydrogens (tertiary/aromatic N) is 2. The van der Waals surface area contributed by atoms with Gasteiger partial charge in [0.15, 0.2) is 11.5 Å². The van der Waals surface area contributed by atoms with Gasteiger partial charge in [0.2, 0.25) is 6.23 Å². The maximum Gasteiger partial charge on any atom is 0.207 e. The minimum Gasteiger partial charge on any atom is -0.484 e. The fraction of sp³-hybridized carbons (Fsp3) is 0.364. The Morgan fingerprint density at radius 2 is 2.31 bits per heavy atom. The molecule has 1 aromatic carbocycles. The molecule has 1 atom stereocenters. The normalized spacial score (nSPS) is 22.6. The first-order chi connectivity index (χ1) is 7.83. The number of ether oxygens (including phenoxy) is 2. The Balaban J connectivity index is 1.82. The molecule has 0 bridgehead atoms. The van der Waals surface area contributed by atoms with Gasteiger partial charge >= 0.3 is 0 Å². The molecule has 2 heterocycles. The SMILES string of the molecule is Brc1ccc2c(c1)OC(N1C=NCC1)CO2. The van der Waals surface area contributed by atoms with E-state index >= 15 is 0 Å². The summed E-state index contributed by atoms with van der Waals surface area (Å²) in [6.45, 7) is 2.28. The molecule has 0 fully saturated rings. The van der Waals surface area contributed by atoms with Crippen LogP contribution in [0.2, 0.25) is 0 Å². The molecule has 0 aromatic heterocycles. The summed E-state index contributed by atoms with van der Waals surface area (Å²) in [6.07, 6.45) is 1.77. The Morgan fingerprint density at radius 1 is 1.38 bits per heavy atom. The van der Waals surface area contributed by atoms with Gasteiger partial charge in [-0.05, 0) is 18.2 Å². The molecule has 0 saturated heterocycles. The Kier molecular flexibility index (Phi) is 2.47. The van der Waals surface area contributed by atoms with Gasteiger partial charge in [-0.3, -0.25) is 4.99 Å². The van der Waals surface area contributed by atoms with E-state index in [4.69, 9.17) is 9.47 Å². The van der Waals surface area contributed by atoms with Crippen molar-refractivity contribution < 1.29 is 9.47 Å². The molecule has 0 radical (unpaired) electrons. The molecule has 84 valence electrons. The third-order valence-corrected chi connectivity index (χ3v) is 3.13. The van der Waals surface area contributed by atoms with E-state index in [1.165, 1.54) is 0 Å². The van der Waals surface area contributed by atoms with Crippen molar-refractivity contribution in [2.24, 2.45) is 4.99 Å². The predicted octanol–water partition coefficient (Wildman–Crippen LogP) is 1.89. The minimum atomic E-state index is -0.0620. The van der Waals surface area contributed by atoms with E-state index in [9.17, 15) is 0 Å². The highest BCUT2D eigenvalue weighted by molar-refractivity contribution is 9.10. The molecular weight excluding hydrogens is 272 g/mol. The lowest BCUT2D eigenvalue weighted by molar-refractivity contribution is 0.0148. The second-order valence-electron chi connectivity index (χ2n) is 3.73. The Morgan fingerprint density at radius 3 is 3.12 bits per heavy atom. The number of hydrogen-bond donors (Lipinski definition) is 0. The van der Waals surface area contributed by atoms with E-state index in [0.717, 1.165) is 29.1 Å². The van der Waals surface area contributed by atoms with Crippen molar-refractivity contribution in [3.05, 3.63) is 22.7 Å². The summed E-state index contributed by atoms with van der Waals surface area (Å²) in [5, 5.41) is 0. The summed E-state index contributed by atoms with van der Waals surface area (Å²) < 4.78 is 12.5. The van der Waals surface area contributed by atoms with Crippen LogP contribution in [0.5, 0.6) is 11.5 Å². The quantitative estimate of drug-likeness (QED) is 0.789. The van der Waals surface area contributed by atoms with E-state index in [1.807, 2.05) is 24.5 Å². The van der Waals surface area contributed by atoms with Gasteiger partial charge in [-0.2, -0.15) is 0 Å². The van der Waals surface area contributed by atoms with Gasteiger partial charge in [-0.15, -0.1) is 0 Å². The molecule has 4 nitrogen and oxygen atoms in total. The fourth-order valence-electron chi connectivity index (χ4n) is 1.81. The van der Waals surface area contributed by atoms with Crippen molar-refractivity contribution in [3.63, 3.8) is 0 Å². The summed E-state index contributed by atoms with van der Waals surface area (Å²) in [7, 11) is 0. The number of benzene rings is 1. The Hall–Kier alpha value is -1.23. The molecule has 0 N–H and O–H groups in total. The molecule has 0 aliphatic carbocycles. The van der Waals surface area contributed by atoms with Crippen molar-refractivity contribution in [3.8, 4) is 11.5 Å². The van der Waals surface area contributed by atoms with E-state index in [0.29, 0.717) is 6.61 Å². The highest BCUT2D eigenvalue weighted by Gasteiger charge is 2.26. The van der Waals surface area contributed by atoms with Crippen LogP contribution in [0, 0.1) is 0 Å². The highest BCUT2D eigenvalue weighted by atomic mass is 79.9. The van der Waals surface area contributed by atoms with Crippen molar-refractivity contribution in [1.82, 2.24) is 4.90 Å². The molecule has 2 aliphatic heterocycles. The van der Waals surface area contributed by atoms with Gasteiger partial charge in [0.25, 0.3) is 0 Å². The maximum absolute atomic E-state index is 5.88. The first-order valence-electron chi connectivity index (χ1n) is 5.17. The molecule has 2 aliphatic rings. The van der Waals surface area contributed by atoms with Gasteiger partial charge in [-0.1, -0.05) is 15.9 Å². The van der Waals surface area contributed by atoms with Gasteiger partial charge in [-0.25, -0.2) is 0 Å². The molecule has 1 unspecified atom stereocenters. The summed E-state index contributed by atoms with van der Waals surface area (Å²) in [5.41, 5.74) is 0. The van der Waals surface area contributed by atoms with Gasteiger partial charge in [0.1, 0.15) is 6.61 Å². The lowest BCUT2D eigenvalue weighted by Gasteiger charge is -2.31. The van der Waals surface area contributed by atoms with Crippen LogP contribution < -0.4 is 9.47 Å². The Bertz CT molecular complexity index is 436. The fourth-order valence-corrected chi connectivity index (χ4v) is 2.15. The first-order valence-corrected chi connectivity index (χ1v) is 5.97. The van der Waals surface area contributed by atoms with E-state index < -0.39 is 0 Å². The zero-order chi connectivity index (χ0) is 11.0. The average Bonchev–Trinajstić information content (AvgIpc) is 2.81. The average molecular weight is 283 g/mol. The van der Waals surface area contributed by atoms with E-state index in [1.54, 1.807) is 0 Å². The lowest BCUT2D eigenvalue weighted by Crippen LogP contribution is -2.43. The van der Waals surface area contributed by atoms with E-state index in [-0.39, 0.29) is 6.23 Å². The number of rotatable bonds is 1. The van der Waals surface area contributed by atoms with Gasteiger partial charge < -0.3 is 14.4 Å². The number of fused-ring (bicyclic) bond motifs is 1. The highest BCUT2D eigenvalue weighted by Crippen LogP contribution is 2.34. The molecule has 0 saturated carbocycles. The first kappa shape index (κ1) is 9.96. The molecule has 16 heavy (non-hydrogen) atoms. The van der Waals surface area contributed by atoms with Crippen molar-refractivity contribution in [2.75, 3.05) is 19.7 Å². The lowest BCUT2D eigenvalue weighted by atomic mass is 10.3. The van der Waals surface area contributed by atoms with Crippen molar-refractivity contribution in [1.29, 1.82) is 0 Å². The third-order valence-electron chi connectivity index (χ3n) is 2.64. The second kappa shape index (κ2) is 3.97. The monoisotopic (exact) mass is 282 g/mol. The van der Waals surface area contributed by atoms with Crippen molar-refractivity contribution >= 4 is 22.3 Å². The van der Waals surface area contributed by atoms with Gasteiger partial charge in [0.05, 0.1) is 12.9 Å². The number of hydrogen-bond acceptors (Lipinski definition) is 4.